The number of allylic oxidation sites excluding steroid dienone is 1. The van der Waals surface area contributed by atoms with E-state index >= 15 is 0 Å². The van der Waals surface area contributed by atoms with E-state index in [0.717, 1.165) is 47.3 Å². The number of methoxy groups -OCH3 is 1. The number of hydrogen-bond acceptors (Lipinski definition) is 6. The molecule has 6 heteroatoms. The maximum atomic E-state index is 14.4. The molecule has 0 aromatic heterocycles. The number of carbonyl (C=O) groups is 2. The Balaban J connectivity index is 1.69. The molecule has 43 heavy (non-hydrogen) atoms. The van der Waals surface area contributed by atoms with Gasteiger partial charge in [-0.15, -0.1) is 0 Å². The first-order valence-corrected chi connectivity index (χ1v) is 15.2. The smallest absolute Gasteiger partial charge is 0.199 e. The van der Waals surface area contributed by atoms with Crippen molar-refractivity contribution in [2.24, 2.45) is 16.7 Å². The Morgan fingerprint density at radius 1 is 1.09 bits per heavy atom. The molecule has 0 bridgehead atoms. The Hall–Kier alpha value is -3.64. The van der Waals surface area contributed by atoms with E-state index in [-0.39, 0.29) is 41.1 Å². The topological polar surface area (TPSA) is 104 Å². The fraction of sp³-hybridized carbons (Fsp3) is 0.459. The maximum Gasteiger partial charge on any atom is 0.199 e. The zero-order chi connectivity index (χ0) is 31.6. The van der Waals surface area contributed by atoms with E-state index in [1.807, 2.05) is 26.0 Å². The number of aryl methyl sites for hydroxylation is 2. The summed E-state index contributed by atoms with van der Waals surface area (Å²) in [7, 11) is 1.65. The van der Waals surface area contributed by atoms with Crippen LogP contribution in [0.1, 0.15) is 82.6 Å². The zero-order valence-corrected chi connectivity index (χ0v) is 26.5. The van der Waals surface area contributed by atoms with E-state index in [0.29, 0.717) is 17.9 Å². The number of aliphatic hydroxyl groups is 3. The summed E-state index contributed by atoms with van der Waals surface area (Å²) in [5, 5.41) is 35.0. The van der Waals surface area contributed by atoms with Crippen LogP contribution >= 0.6 is 0 Å². The predicted octanol–water partition coefficient (Wildman–Crippen LogP) is 7.55. The first-order chi connectivity index (χ1) is 20.1. The Labute approximate surface area is 254 Å². The molecule has 2 aromatic carbocycles. The van der Waals surface area contributed by atoms with Crippen molar-refractivity contribution in [1.82, 2.24) is 0 Å². The van der Waals surface area contributed by atoms with E-state index in [1.165, 1.54) is 12.5 Å². The molecule has 0 spiro atoms. The fourth-order valence-corrected chi connectivity index (χ4v) is 8.15. The standard InChI is InChI=1S/C37H44O6/c1-20(2)10-9-11-24-13-15-29(43-8)26(16-24)25-14-12-21(3)30-27(25)17-35(6)19-36(7)18-28(39)31(23(5)38)22(4)37(36,42)34(41)32(35)33(30)40/h12-16,20,39-40,42H,4,9-11,17-19H2,1-3,5-8H3/t35-,36+,37+/m1/s1. The molecular weight excluding hydrogens is 540 g/mol. The van der Waals surface area contributed by atoms with Crippen LogP contribution in [0.15, 0.2) is 59.4 Å². The molecule has 0 aliphatic heterocycles. The SMILES string of the molecule is C=C1C(C(C)=O)=C(O)C[C@@]2(C)C[C@@]3(C)Cc4c(-c5cc(CCCC(C)C)ccc5OC)ccc(C)c4C(O)=C3C(=O)[C@@]12O. The summed E-state index contributed by atoms with van der Waals surface area (Å²) in [6, 6.07) is 10.3. The van der Waals surface area contributed by atoms with Gasteiger partial charge in [-0.05, 0) is 85.4 Å². The molecule has 5 rings (SSSR count). The molecule has 1 fully saturated rings. The van der Waals surface area contributed by atoms with Gasteiger partial charge in [0, 0.05) is 34.0 Å². The third kappa shape index (κ3) is 4.57. The summed E-state index contributed by atoms with van der Waals surface area (Å²) in [6.45, 7) is 15.3. The van der Waals surface area contributed by atoms with Crippen LogP contribution in [0.4, 0.5) is 0 Å². The largest absolute Gasteiger partial charge is 0.512 e. The van der Waals surface area contributed by atoms with Crippen LogP contribution in [0, 0.1) is 23.7 Å². The molecule has 3 aliphatic rings. The van der Waals surface area contributed by atoms with Crippen LogP contribution in [0.2, 0.25) is 0 Å². The molecule has 0 unspecified atom stereocenters. The fourth-order valence-electron chi connectivity index (χ4n) is 8.15. The average Bonchev–Trinajstić information content (AvgIpc) is 2.90. The van der Waals surface area contributed by atoms with Crippen LogP contribution in [0.5, 0.6) is 5.75 Å². The Bertz CT molecular complexity index is 1620. The van der Waals surface area contributed by atoms with Crippen LogP contribution in [0.25, 0.3) is 16.9 Å². The number of rotatable bonds is 7. The number of aliphatic hydroxyl groups excluding tert-OH is 2. The van der Waals surface area contributed by atoms with E-state index in [1.54, 1.807) is 14.0 Å². The van der Waals surface area contributed by atoms with Crippen molar-refractivity contribution in [3.8, 4) is 16.9 Å². The van der Waals surface area contributed by atoms with Crippen molar-refractivity contribution in [3.05, 3.63) is 81.6 Å². The highest BCUT2D eigenvalue weighted by molar-refractivity contribution is 6.14. The molecule has 3 N–H and O–H groups in total. The number of ether oxygens (including phenoxy) is 1. The minimum atomic E-state index is -2.14. The van der Waals surface area contributed by atoms with Gasteiger partial charge in [0.25, 0.3) is 0 Å². The number of carbonyl (C=O) groups excluding carboxylic acids is 2. The first kappa shape index (κ1) is 30.8. The highest BCUT2D eigenvalue weighted by Crippen LogP contribution is 2.64. The molecule has 3 aliphatic carbocycles. The summed E-state index contributed by atoms with van der Waals surface area (Å²) in [4.78, 5) is 26.9. The van der Waals surface area contributed by atoms with Gasteiger partial charge in [-0.3, -0.25) is 9.59 Å². The molecule has 2 aromatic rings. The van der Waals surface area contributed by atoms with E-state index in [9.17, 15) is 24.9 Å². The molecule has 1 saturated carbocycles. The van der Waals surface area contributed by atoms with Gasteiger partial charge >= 0.3 is 0 Å². The Kier molecular flexibility index (Phi) is 7.53. The van der Waals surface area contributed by atoms with Crippen molar-refractivity contribution < 1.29 is 29.6 Å². The highest BCUT2D eigenvalue weighted by atomic mass is 16.5. The summed E-state index contributed by atoms with van der Waals surface area (Å²) >= 11 is 0. The molecule has 0 amide bonds. The minimum absolute atomic E-state index is 0.0490. The van der Waals surface area contributed by atoms with Gasteiger partial charge in [-0.25, -0.2) is 0 Å². The lowest BCUT2D eigenvalue weighted by molar-refractivity contribution is -0.154. The van der Waals surface area contributed by atoms with Gasteiger partial charge in [-0.1, -0.05) is 58.9 Å². The van der Waals surface area contributed by atoms with Crippen molar-refractivity contribution in [3.63, 3.8) is 0 Å². The van der Waals surface area contributed by atoms with Crippen molar-refractivity contribution >= 4 is 17.3 Å². The van der Waals surface area contributed by atoms with Gasteiger partial charge in [-0.2, -0.15) is 0 Å². The summed E-state index contributed by atoms with van der Waals surface area (Å²) < 4.78 is 5.82. The van der Waals surface area contributed by atoms with Gasteiger partial charge in [0.05, 0.1) is 12.7 Å². The third-order valence-electron chi connectivity index (χ3n) is 10.1. The molecule has 228 valence electrons. The molecular formula is C37H44O6. The van der Waals surface area contributed by atoms with E-state index < -0.39 is 28.0 Å². The molecule has 6 nitrogen and oxygen atoms in total. The number of benzene rings is 2. The number of fused-ring (bicyclic) bond motifs is 3. The second-order valence-corrected chi connectivity index (χ2v) is 13.9. The van der Waals surface area contributed by atoms with E-state index in [4.69, 9.17) is 4.74 Å². The zero-order valence-electron chi connectivity index (χ0n) is 26.5. The first-order valence-electron chi connectivity index (χ1n) is 15.2. The monoisotopic (exact) mass is 584 g/mol. The van der Waals surface area contributed by atoms with Crippen LogP contribution in [-0.4, -0.2) is 39.6 Å². The second-order valence-electron chi connectivity index (χ2n) is 13.9. The third-order valence-corrected chi connectivity index (χ3v) is 10.1. The van der Waals surface area contributed by atoms with Gasteiger partial charge in [0.1, 0.15) is 17.3 Å². The normalized spacial score (nSPS) is 26.8. The molecule has 0 heterocycles. The molecule has 0 saturated heterocycles. The quantitative estimate of drug-likeness (QED) is 0.310. The van der Waals surface area contributed by atoms with Crippen molar-refractivity contribution in [2.45, 2.75) is 85.7 Å². The second kappa shape index (κ2) is 10.5. The lowest BCUT2D eigenvalue weighted by Gasteiger charge is -2.57. The number of hydrogen-bond donors (Lipinski definition) is 3. The highest BCUT2D eigenvalue weighted by Gasteiger charge is 2.67. The Morgan fingerprint density at radius 2 is 1.79 bits per heavy atom. The lowest BCUT2D eigenvalue weighted by Crippen LogP contribution is -2.64. The molecule has 0 radical (unpaired) electrons. The minimum Gasteiger partial charge on any atom is -0.512 e. The number of Topliss-reactive ketones (excluding diaryl/α,β-unsaturated/α-hetero) is 2. The predicted molar refractivity (Wildman–Crippen MR) is 169 cm³/mol. The van der Waals surface area contributed by atoms with Crippen molar-refractivity contribution in [2.75, 3.05) is 7.11 Å². The van der Waals surface area contributed by atoms with Gasteiger partial charge in [0.15, 0.2) is 17.2 Å². The summed E-state index contributed by atoms with van der Waals surface area (Å²) in [5.74, 6) is -0.0625. The number of ketones is 2. The van der Waals surface area contributed by atoms with Gasteiger partial charge in [0.2, 0.25) is 0 Å². The molecule has 3 atom stereocenters. The summed E-state index contributed by atoms with van der Waals surface area (Å²) in [6.07, 6.45) is 3.85. The van der Waals surface area contributed by atoms with Crippen LogP contribution in [0.3, 0.4) is 0 Å². The maximum absolute atomic E-state index is 14.4. The van der Waals surface area contributed by atoms with Crippen LogP contribution in [-0.2, 0) is 22.4 Å². The van der Waals surface area contributed by atoms with Gasteiger partial charge < -0.3 is 20.1 Å². The van der Waals surface area contributed by atoms with Crippen molar-refractivity contribution in [1.29, 1.82) is 0 Å². The van der Waals surface area contributed by atoms with E-state index in [2.05, 4.69) is 38.6 Å². The van der Waals surface area contributed by atoms with Crippen LogP contribution < -0.4 is 4.74 Å². The average molecular weight is 585 g/mol. The lowest BCUT2D eigenvalue weighted by atomic mass is 9.46. The summed E-state index contributed by atoms with van der Waals surface area (Å²) in [5.41, 5.74) is 1.21. The Morgan fingerprint density at radius 3 is 2.42 bits per heavy atom.